The predicted octanol–water partition coefficient (Wildman–Crippen LogP) is 2.96. The second kappa shape index (κ2) is 4.60. The van der Waals surface area contributed by atoms with Crippen molar-refractivity contribution in [1.82, 2.24) is 0 Å². The zero-order valence-electron chi connectivity index (χ0n) is 8.29. The van der Waals surface area contributed by atoms with Crippen molar-refractivity contribution < 1.29 is 9.53 Å². The Balaban J connectivity index is 2.86. The fourth-order valence-corrected chi connectivity index (χ4v) is 1.41. The van der Waals surface area contributed by atoms with E-state index in [1.807, 2.05) is 37.3 Å². The average molecular weight is 257 g/mol. The molecule has 0 heterocycles. The van der Waals surface area contributed by atoms with Gasteiger partial charge in [0.15, 0.2) is 0 Å². The van der Waals surface area contributed by atoms with Crippen molar-refractivity contribution in [3.05, 3.63) is 34.9 Å². The van der Waals surface area contributed by atoms with Gasteiger partial charge in [-0.15, -0.1) is 0 Å². The van der Waals surface area contributed by atoms with Gasteiger partial charge in [0, 0.05) is 4.48 Å². The molecular weight excluding hydrogens is 244 g/mol. The number of allylic oxidation sites excluding steroid dienone is 4. The standard InChI is InChI=1S/C11H13BrO2/c1-3-14-10(13)11(2)7-4-5-9(12)6-8-11/h4-8H,3H2,1-2H3. The van der Waals surface area contributed by atoms with E-state index >= 15 is 0 Å². The highest BCUT2D eigenvalue weighted by Gasteiger charge is 2.29. The third-order valence-corrected chi connectivity index (χ3v) is 2.53. The van der Waals surface area contributed by atoms with Crippen molar-refractivity contribution in [3.63, 3.8) is 0 Å². The van der Waals surface area contributed by atoms with Crippen LogP contribution in [0.25, 0.3) is 0 Å². The summed E-state index contributed by atoms with van der Waals surface area (Å²) >= 11 is 3.35. The Labute approximate surface area is 92.5 Å². The van der Waals surface area contributed by atoms with E-state index in [9.17, 15) is 4.79 Å². The summed E-state index contributed by atoms with van der Waals surface area (Å²) in [4.78, 5) is 11.6. The van der Waals surface area contributed by atoms with Crippen molar-refractivity contribution in [3.8, 4) is 0 Å². The minimum absolute atomic E-state index is 0.219. The Morgan fingerprint density at radius 1 is 1.57 bits per heavy atom. The Bertz CT molecular complexity index is 315. The first-order valence-corrected chi connectivity index (χ1v) is 5.29. The third-order valence-electron chi connectivity index (χ3n) is 2.00. The van der Waals surface area contributed by atoms with Crippen LogP contribution in [0.15, 0.2) is 34.9 Å². The van der Waals surface area contributed by atoms with Gasteiger partial charge in [-0.3, -0.25) is 4.79 Å². The molecule has 0 spiro atoms. The van der Waals surface area contributed by atoms with Crippen molar-refractivity contribution in [1.29, 1.82) is 0 Å². The summed E-state index contributed by atoms with van der Waals surface area (Å²) in [6.07, 6.45) is 9.25. The van der Waals surface area contributed by atoms with Gasteiger partial charge < -0.3 is 4.74 Å². The molecule has 0 aromatic rings. The lowest BCUT2D eigenvalue weighted by atomic mass is 9.90. The Hall–Kier alpha value is -0.830. The molecule has 0 saturated heterocycles. The number of esters is 1. The zero-order valence-corrected chi connectivity index (χ0v) is 9.87. The molecule has 0 aromatic heterocycles. The Morgan fingerprint density at radius 2 is 2.29 bits per heavy atom. The number of rotatable bonds is 2. The molecule has 0 fully saturated rings. The molecule has 0 aromatic carbocycles. The molecule has 0 radical (unpaired) electrons. The van der Waals surface area contributed by atoms with E-state index in [-0.39, 0.29) is 5.97 Å². The lowest BCUT2D eigenvalue weighted by Gasteiger charge is -2.18. The van der Waals surface area contributed by atoms with Crippen LogP contribution in [0.3, 0.4) is 0 Å². The molecule has 0 bridgehead atoms. The van der Waals surface area contributed by atoms with Gasteiger partial charge in [-0.2, -0.15) is 0 Å². The SMILES string of the molecule is CCOC(=O)C1(C)C=CC=C(Br)C=C1. The molecule has 14 heavy (non-hydrogen) atoms. The molecule has 0 N–H and O–H groups in total. The van der Waals surface area contributed by atoms with Gasteiger partial charge >= 0.3 is 5.97 Å². The van der Waals surface area contributed by atoms with Crippen molar-refractivity contribution in [2.75, 3.05) is 6.61 Å². The highest BCUT2D eigenvalue weighted by Crippen LogP contribution is 2.26. The molecule has 76 valence electrons. The van der Waals surface area contributed by atoms with Gasteiger partial charge in [-0.1, -0.05) is 40.2 Å². The maximum atomic E-state index is 11.6. The fraction of sp³-hybridized carbons (Fsp3) is 0.364. The Kier molecular flexibility index (Phi) is 3.69. The quantitative estimate of drug-likeness (QED) is 0.711. The summed E-state index contributed by atoms with van der Waals surface area (Å²) in [6, 6.07) is 0. The maximum Gasteiger partial charge on any atom is 0.319 e. The minimum atomic E-state index is -0.651. The topological polar surface area (TPSA) is 26.3 Å². The monoisotopic (exact) mass is 256 g/mol. The number of ether oxygens (including phenoxy) is 1. The summed E-state index contributed by atoms with van der Waals surface area (Å²) in [5, 5.41) is 0. The number of carbonyl (C=O) groups is 1. The molecule has 3 heteroatoms. The molecule has 0 saturated carbocycles. The first-order chi connectivity index (χ1) is 6.58. The molecule has 1 unspecified atom stereocenters. The van der Waals surface area contributed by atoms with E-state index in [0.717, 1.165) is 4.48 Å². The van der Waals surface area contributed by atoms with Crippen LogP contribution < -0.4 is 0 Å². The van der Waals surface area contributed by atoms with Crippen LogP contribution in [0.5, 0.6) is 0 Å². The van der Waals surface area contributed by atoms with E-state index in [1.165, 1.54) is 0 Å². The molecule has 0 aliphatic heterocycles. The van der Waals surface area contributed by atoms with E-state index in [1.54, 1.807) is 6.92 Å². The van der Waals surface area contributed by atoms with Crippen LogP contribution >= 0.6 is 15.9 Å². The van der Waals surface area contributed by atoms with E-state index in [2.05, 4.69) is 15.9 Å². The van der Waals surface area contributed by atoms with Crippen molar-refractivity contribution in [2.45, 2.75) is 13.8 Å². The second-order valence-electron chi connectivity index (χ2n) is 3.25. The van der Waals surface area contributed by atoms with Gasteiger partial charge in [-0.25, -0.2) is 0 Å². The fourth-order valence-electron chi connectivity index (χ4n) is 1.13. The maximum absolute atomic E-state index is 11.6. The summed E-state index contributed by atoms with van der Waals surface area (Å²) < 4.78 is 5.94. The largest absolute Gasteiger partial charge is 0.465 e. The lowest BCUT2D eigenvalue weighted by molar-refractivity contribution is -0.149. The zero-order chi connectivity index (χ0) is 10.6. The third kappa shape index (κ3) is 2.58. The van der Waals surface area contributed by atoms with Crippen LogP contribution in [0.1, 0.15) is 13.8 Å². The highest BCUT2D eigenvalue weighted by molar-refractivity contribution is 9.11. The summed E-state index contributed by atoms with van der Waals surface area (Å²) in [7, 11) is 0. The molecule has 0 amide bonds. The average Bonchev–Trinajstić information content (AvgIpc) is 2.30. The molecule has 2 nitrogen and oxygen atoms in total. The highest BCUT2D eigenvalue weighted by atomic mass is 79.9. The molecule has 1 aliphatic rings. The summed E-state index contributed by atoms with van der Waals surface area (Å²) in [6.45, 7) is 4.04. The number of carbonyl (C=O) groups excluding carboxylic acids is 1. The van der Waals surface area contributed by atoms with Gasteiger partial charge in [-0.05, 0) is 19.9 Å². The lowest BCUT2D eigenvalue weighted by Crippen LogP contribution is -2.25. The predicted molar refractivity (Wildman–Crippen MR) is 60.0 cm³/mol. The van der Waals surface area contributed by atoms with E-state index < -0.39 is 5.41 Å². The van der Waals surface area contributed by atoms with Crippen molar-refractivity contribution >= 4 is 21.9 Å². The van der Waals surface area contributed by atoms with Gasteiger partial charge in [0.25, 0.3) is 0 Å². The normalized spacial score (nSPS) is 25.5. The van der Waals surface area contributed by atoms with Gasteiger partial charge in [0.2, 0.25) is 0 Å². The van der Waals surface area contributed by atoms with Crippen LogP contribution in [0, 0.1) is 5.41 Å². The van der Waals surface area contributed by atoms with Gasteiger partial charge in [0.1, 0.15) is 5.41 Å². The first-order valence-electron chi connectivity index (χ1n) is 4.50. The van der Waals surface area contributed by atoms with Crippen LogP contribution in [0.2, 0.25) is 0 Å². The van der Waals surface area contributed by atoms with Crippen LogP contribution in [-0.2, 0) is 9.53 Å². The smallest absolute Gasteiger partial charge is 0.319 e. The second-order valence-corrected chi connectivity index (χ2v) is 4.16. The number of hydrogen-bond acceptors (Lipinski definition) is 2. The molecular formula is C11H13BrO2. The number of halogens is 1. The molecule has 1 atom stereocenters. The van der Waals surface area contributed by atoms with E-state index in [4.69, 9.17) is 4.74 Å². The van der Waals surface area contributed by atoms with Crippen molar-refractivity contribution in [2.24, 2.45) is 5.41 Å². The molecule has 1 rings (SSSR count). The van der Waals surface area contributed by atoms with Crippen LogP contribution in [-0.4, -0.2) is 12.6 Å². The van der Waals surface area contributed by atoms with Gasteiger partial charge in [0.05, 0.1) is 6.61 Å². The first kappa shape index (κ1) is 11.2. The van der Waals surface area contributed by atoms with E-state index in [0.29, 0.717) is 6.61 Å². The van der Waals surface area contributed by atoms with Crippen LogP contribution in [0.4, 0.5) is 0 Å². The molecule has 1 aliphatic carbocycles. The summed E-state index contributed by atoms with van der Waals surface area (Å²) in [5.41, 5.74) is -0.651. The minimum Gasteiger partial charge on any atom is -0.465 e. The number of hydrogen-bond donors (Lipinski definition) is 0. The Morgan fingerprint density at radius 3 is 2.93 bits per heavy atom. The summed E-state index contributed by atoms with van der Waals surface area (Å²) in [5.74, 6) is -0.219.